The molecule has 1 aromatic rings. The number of hydrogen-bond donors (Lipinski definition) is 0. The van der Waals surface area contributed by atoms with Crippen molar-refractivity contribution in [2.45, 2.75) is 46.3 Å². The van der Waals surface area contributed by atoms with Crippen LogP contribution < -0.4 is 11.2 Å². The predicted octanol–water partition coefficient (Wildman–Crippen LogP) is 0.192. The third-order valence-corrected chi connectivity index (χ3v) is 2.97. The van der Waals surface area contributed by atoms with Gasteiger partial charge < -0.3 is 4.90 Å². The van der Waals surface area contributed by atoms with Crippen LogP contribution in [-0.4, -0.2) is 32.0 Å². The first kappa shape index (κ1) is 15.2. The monoisotopic (exact) mass is 267 g/mol. The summed E-state index contributed by atoms with van der Waals surface area (Å²) in [7, 11) is 1.40. The lowest BCUT2D eigenvalue weighted by Crippen LogP contribution is -2.46. The van der Waals surface area contributed by atoms with Crippen LogP contribution in [0.2, 0.25) is 0 Å². The predicted molar refractivity (Wildman–Crippen MR) is 73.1 cm³/mol. The molecule has 0 aliphatic carbocycles. The topological polar surface area (TPSA) is 64.3 Å². The van der Waals surface area contributed by atoms with Crippen molar-refractivity contribution in [3.63, 3.8) is 0 Å². The lowest BCUT2D eigenvalue weighted by molar-refractivity contribution is -0.135. The maximum Gasteiger partial charge on any atom is 0.331 e. The van der Waals surface area contributed by atoms with Crippen molar-refractivity contribution in [2.75, 3.05) is 0 Å². The Morgan fingerprint density at radius 1 is 1.21 bits per heavy atom. The maximum atomic E-state index is 12.2. The molecule has 0 fully saturated rings. The van der Waals surface area contributed by atoms with E-state index in [9.17, 15) is 14.4 Å². The summed E-state index contributed by atoms with van der Waals surface area (Å²) in [6.07, 6.45) is 1.36. The van der Waals surface area contributed by atoms with Crippen LogP contribution in [0.15, 0.2) is 21.9 Å². The Balaban J connectivity index is 3.03. The largest absolute Gasteiger partial charge is 0.336 e. The molecule has 106 valence electrons. The van der Waals surface area contributed by atoms with Crippen molar-refractivity contribution in [2.24, 2.45) is 7.05 Å². The van der Waals surface area contributed by atoms with E-state index in [1.807, 2.05) is 27.7 Å². The zero-order chi connectivity index (χ0) is 14.7. The highest BCUT2D eigenvalue weighted by molar-refractivity contribution is 5.76. The Morgan fingerprint density at radius 3 is 2.21 bits per heavy atom. The van der Waals surface area contributed by atoms with Gasteiger partial charge in [-0.3, -0.25) is 18.7 Å². The van der Waals surface area contributed by atoms with Gasteiger partial charge in [0.15, 0.2) is 0 Å². The first-order chi connectivity index (χ1) is 8.75. The number of amides is 1. The third kappa shape index (κ3) is 3.33. The minimum absolute atomic E-state index is 0.0523. The minimum atomic E-state index is -0.478. The van der Waals surface area contributed by atoms with Crippen LogP contribution in [0.1, 0.15) is 27.7 Å². The second-order valence-electron chi connectivity index (χ2n) is 5.11. The molecule has 0 N–H and O–H groups in total. The van der Waals surface area contributed by atoms with E-state index in [4.69, 9.17) is 0 Å². The smallest absolute Gasteiger partial charge is 0.331 e. The van der Waals surface area contributed by atoms with Gasteiger partial charge >= 0.3 is 5.69 Å². The Kier molecular flexibility index (Phi) is 4.69. The van der Waals surface area contributed by atoms with Gasteiger partial charge in [0.25, 0.3) is 5.56 Å². The second-order valence-corrected chi connectivity index (χ2v) is 5.11. The summed E-state index contributed by atoms with van der Waals surface area (Å²) in [5.41, 5.74) is -0.855. The molecule has 6 nitrogen and oxygen atoms in total. The highest BCUT2D eigenvalue weighted by Gasteiger charge is 2.20. The first-order valence-corrected chi connectivity index (χ1v) is 6.33. The van der Waals surface area contributed by atoms with Crippen molar-refractivity contribution in [3.8, 4) is 0 Å². The number of nitrogens with zero attached hydrogens (tertiary/aromatic N) is 3. The summed E-state index contributed by atoms with van der Waals surface area (Å²) in [5, 5.41) is 0. The number of hydrogen-bond acceptors (Lipinski definition) is 3. The molecule has 0 saturated heterocycles. The molecule has 1 rings (SSSR count). The molecule has 6 heteroatoms. The van der Waals surface area contributed by atoms with Gasteiger partial charge in [0.2, 0.25) is 5.91 Å². The molecule has 0 unspecified atom stereocenters. The quantitative estimate of drug-likeness (QED) is 0.782. The van der Waals surface area contributed by atoms with E-state index in [0.29, 0.717) is 0 Å². The molecule has 1 amide bonds. The molecule has 0 aliphatic rings. The molecule has 1 aromatic heterocycles. The van der Waals surface area contributed by atoms with Gasteiger partial charge in [-0.25, -0.2) is 4.79 Å². The first-order valence-electron chi connectivity index (χ1n) is 6.33. The summed E-state index contributed by atoms with van der Waals surface area (Å²) >= 11 is 0. The zero-order valence-electron chi connectivity index (χ0n) is 12.1. The fraction of sp³-hybridized carbons (Fsp3) is 0.615. The van der Waals surface area contributed by atoms with Gasteiger partial charge in [0.05, 0.1) is 0 Å². The molecule has 0 spiro atoms. The molecule has 0 bridgehead atoms. The number of aromatic nitrogens is 2. The molecule has 19 heavy (non-hydrogen) atoms. The van der Waals surface area contributed by atoms with E-state index in [1.165, 1.54) is 23.9 Å². The van der Waals surface area contributed by atoms with Crippen LogP contribution in [0.4, 0.5) is 0 Å². The van der Waals surface area contributed by atoms with Gasteiger partial charge in [-0.15, -0.1) is 0 Å². The molecule has 0 saturated carbocycles. The van der Waals surface area contributed by atoms with Crippen molar-refractivity contribution in [1.82, 2.24) is 14.0 Å². The van der Waals surface area contributed by atoms with Crippen LogP contribution in [0.3, 0.4) is 0 Å². The van der Waals surface area contributed by atoms with Crippen molar-refractivity contribution in [3.05, 3.63) is 33.1 Å². The van der Waals surface area contributed by atoms with Crippen molar-refractivity contribution >= 4 is 5.91 Å². The number of carbonyl (C=O) groups is 1. The van der Waals surface area contributed by atoms with E-state index < -0.39 is 5.69 Å². The van der Waals surface area contributed by atoms with E-state index in [-0.39, 0.29) is 30.1 Å². The molecule has 0 aliphatic heterocycles. The van der Waals surface area contributed by atoms with E-state index in [1.54, 1.807) is 4.90 Å². The number of carbonyl (C=O) groups excluding carboxylic acids is 1. The van der Waals surface area contributed by atoms with E-state index >= 15 is 0 Å². The van der Waals surface area contributed by atoms with Crippen LogP contribution >= 0.6 is 0 Å². The summed E-state index contributed by atoms with van der Waals surface area (Å²) in [4.78, 5) is 37.1. The lowest BCUT2D eigenvalue weighted by atomic mass is 10.2. The van der Waals surface area contributed by atoms with Gasteiger partial charge in [-0.1, -0.05) is 0 Å². The normalized spacial score (nSPS) is 11.1. The second kappa shape index (κ2) is 5.86. The van der Waals surface area contributed by atoms with Crippen LogP contribution in [0.25, 0.3) is 0 Å². The Labute approximate surface area is 112 Å². The SMILES string of the molecule is CC(C)N(C(=O)Cn1ccc(=O)n(C)c1=O)C(C)C. The van der Waals surface area contributed by atoms with Crippen LogP contribution in [0.5, 0.6) is 0 Å². The van der Waals surface area contributed by atoms with Crippen molar-refractivity contribution in [1.29, 1.82) is 0 Å². The molecule has 0 radical (unpaired) electrons. The molecular formula is C13H21N3O3. The Bertz CT molecular complexity index is 561. The highest BCUT2D eigenvalue weighted by Crippen LogP contribution is 2.06. The number of rotatable bonds is 4. The van der Waals surface area contributed by atoms with Gasteiger partial charge in [-0.05, 0) is 27.7 Å². The van der Waals surface area contributed by atoms with E-state index in [2.05, 4.69) is 0 Å². The fourth-order valence-corrected chi connectivity index (χ4v) is 2.14. The summed E-state index contributed by atoms with van der Waals surface area (Å²) in [6.45, 7) is 7.68. The molecule has 0 aromatic carbocycles. The fourth-order valence-electron chi connectivity index (χ4n) is 2.14. The van der Waals surface area contributed by atoms with Crippen LogP contribution in [-0.2, 0) is 18.4 Å². The lowest BCUT2D eigenvalue weighted by Gasteiger charge is -2.31. The highest BCUT2D eigenvalue weighted by atomic mass is 16.2. The van der Waals surface area contributed by atoms with E-state index in [0.717, 1.165) is 4.57 Å². The van der Waals surface area contributed by atoms with Gasteiger partial charge in [-0.2, -0.15) is 0 Å². The molecule has 0 atom stereocenters. The summed E-state index contributed by atoms with van der Waals surface area (Å²) < 4.78 is 2.24. The zero-order valence-corrected chi connectivity index (χ0v) is 12.1. The van der Waals surface area contributed by atoms with Crippen molar-refractivity contribution < 1.29 is 4.79 Å². The Hall–Kier alpha value is -1.85. The standard InChI is InChI=1S/C13H21N3O3/c1-9(2)16(10(3)4)12(18)8-15-7-6-11(17)14(5)13(15)19/h6-7,9-10H,8H2,1-5H3. The molecular weight excluding hydrogens is 246 g/mol. The summed E-state index contributed by atoms with van der Waals surface area (Å²) in [6, 6.07) is 1.41. The maximum absolute atomic E-state index is 12.2. The van der Waals surface area contributed by atoms with Gasteiger partial charge in [0.1, 0.15) is 6.54 Å². The minimum Gasteiger partial charge on any atom is -0.336 e. The van der Waals surface area contributed by atoms with Crippen LogP contribution in [0, 0.1) is 0 Å². The van der Waals surface area contributed by atoms with Gasteiger partial charge in [0, 0.05) is 31.4 Å². The summed E-state index contributed by atoms with van der Waals surface area (Å²) in [5.74, 6) is -0.134. The average molecular weight is 267 g/mol. The Morgan fingerprint density at radius 2 is 1.74 bits per heavy atom. The average Bonchev–Trinajstić information content (AvgIpc) is 2.29. The third-order valence-electron chi connectivity index (χ3n) is 2.97. The molecule has 1 heterocycles.